The van der Waals surface area contributed by atoms with Crippen molar-refractivity contribution in [1.29, 1.82) is 0 Å². The SMILES string of the molecule is Cc1c(C(=O)O)cc(Br)c(F)c1[N+](=O)[O-]. The lowest BCUT2D eigenvalue weighted by Gasteiger charge is -2.04. The molecule has 0 saturated heterocycles. The maximum Gasteiger partial charge on any atom is 0.336 e. The summed E-state index contributed by atoms with van der Waals surface area (Å²) in [5.74, 6) is -2.40. The van der Waals surface area contributed by atoms with Gasteiger partial charge in [-0.25, -0.2) is 4.79 Å². The Balaban J connectivity index is 3.63. The zero-order chi connectivity index (χ0) is 11.7. The molecule has 0 heterocycles. The summed E-state index contributed by atoms with van der Waals surface area (Å²) in [4.78, 5) is 20.3. The van der Waals surface area contributed by atoms with Gasteiger partial charge in [-0.05, 0) is 28.9 Å². The molecule has 0 aliphatic rings. The number of hydrogen-bond donors (Lipinski definition) is 1. The van der Waals surface area contributed by atoms with Crippen LogP contribution in [0.15, 0.2) is 10.5 Å². The fraction of sp³-hybridized carbons (Fsp3) is 0.125. The minimum Gasteiger partial charge on any atom is -0.478 e. The molecule has 0 amide bonds. The third-order valence-electron chi connectivity index (χ3n) is 1.86. The Morgan fingerprint density at radius 2 is 2.20 bits per heavy atom. The molecule has 0 unspecified atom stereocenters. The van der Waals surface area contributed by atoms with Gasteiger partial charge in [0.2, 0.25) is 5.82 Å². The molecular weight excluding hydrogens is 273 g/mol. The van der Waals surface area contributed by atoms with Gasteiger partial charge >= 0.3 is 11.7 Å². The van der Waals surface area contributed by atoms with Gasteiger partial charge in [-0.3, -0.25) is 10.1 Å². The van der Waals surface area contributed by atoms with E-state index in [4.69, 9.17) is 5.11 Å². The highest BCUT2D eigenvalue weighted by molar-refractivity contribution is 9.10. The molecule has 0 aliphatic carbocycles. The largest absolute Gasteiger partial charge is 0.478 e. The number of rotatable bonds is 2. The summed E-state index contributed by atoms with van der Waals surface area (Å²) in [6.45, 7) is 1.19. The number of benzene rings is 1. The van der Waals surface area contributed by atoms with Crippen molar-refractivity contribution in [3.63, 3.8) is 0 Å². The second-order valence-corrected chi connectivity index (χ2v) is 3.61. The first-order valence-electron chi connectivity index (χ1n) is 3.72. The Morgan fingerprint density at radius 3 is 2.60 bits per heavy atom. The second-order valence-electron chi connectivity index (χ2n) is 2.76. The molecule has 0 aliphatic heterocycles. The van der Waals surface area contributed by atoms with E-state index >= 15 is 0 Å². The van der Waals surface area contributed by atoms with Gasteiger partial charge in [-0.2, -0.15) is 4.39 Å². The van der Waals surface area contributed by atoms with Gasteiger partial charge in [0.15, 0.2) is 0 Å². The first-order chi connectivity index (χ1) is 6.86. The summed E-state index contributed by atoms with van der Waals surface area (Å²) < 4.78 is 13.0. The van der Waals surface area contributed by atoms with E-state index in [2.05, 4.69) is 15.9 Å². The minimum atomic E-state index is -1.34. The van der Waals surface area contributed by atoms with Crippen LogP contribution in [0.1, 0.15) is 15.9 Å². The molecule has 0 aromatic heterocycles. The van der Waals surface area contributed by atoms with Gasteiger partial charge in [0.1, 0.15) is 0 Å². The van der Waals surface area contributed by atoms with Crippen molar-refractivity contribution in [2.75, 3.05) is 0 Å². The standard InChI is InChI=1S/C8H5BrFNO4/c1-3-4(8(12)13)2-5(9)6(10)7(3)11(14)15/h2H,1H3,(H,12,13). The molecular formula is C8H5BrFNO4. The van der Waals surface area contributed by atoms with Crippen molar-refractivity contribution in [3.05, 3.63) is 37.6 Å². The number of nitrogens with zero attached hydrogens (tertiary/aromatic N) is 1. The van der Waals surface area contributed by atoms with Crippen molar-refractivity contribution < 1.29 is 19.2 Å². The van der Waals surface area contributed by atoms with Crippen molar-refractivity contribution >= 4 is 27.6 Å². The number of carboxylic acid groups (broad SMARTS) is 1. The number of carboxylic acids is 1. The average molecular weight is 278 g/mol. The third-order valence-corrected chi connectivity index (χ3v) is 2.44. The molecule has 1 aromatic rings. The van der Waals surface area contributed by atoms with E-state index in [-0.39, 0.29) is 15.6 Å². The monoisotopic (exact) mass is 277 g/mol. The highest BCUT2D eigenvalue weighted by Crippen LogP contribution is 2.31. The average Bonchev–Trinajstić information content (AvgIpc) is 2.10. The minimum absolute atomic E-state index is 0.201. The third kappa shape index (κ3) is 1.96. The van der Waals surface area contributed by atoms with Crippen LogP contribution in [-0.4, -0.2) is 16.0 Å². The Kier molecular flexibility index (Phi) is 3.04. The number of aromatic carboxylic acids is 1. The van der Waals surface area contributed by atoms with E-state index < -0.39 is 22.4 Å². The van der Waals surface area contributed by atoms with E-state index in [0.29, 0.717) is 0 Å². The smallest absolute Gasteiger partial charge is 0.336 e. The molecule has 1 N–H and O–H groups in total. The summed E-state index contributed by atoms with van der Waals surface area (Å²) in [5.41, 5.74) is -1.31. The van der Waals surface area contributed by atoms with Gasteiger partial charge in [0, 0.05) is 5.56 Å². The van der Waals surface area contributed by atoms with Crippen LogP contribution in [0.5, 0.6) is 0 Å². The molecule has 1 aromatic carbocycles. The summed E-state index contributed by atoms with van der Waals surface area (Å²) >= 11 is 2.72. The predicted octanol–water partition coefficient (Wildman–Crippen LogP) is 2.50. The Labute approximate surface area is 91.8 Å². The predicted molar refractivity (Wildman–Crippen MR) is 52.5 cm³/mol. The van der Waals surface area contributed by atoms with Gasteiger partial charge < -0.3 is 5.11 Å². The molecule has 5 nitrogen and oxygen atoms in total. The molecule has 80 valence electrons. The van der Waals surface area contributed by atoms with Crippen LogP contribution in [0.3, 0.4) is 0 Å². The number of nitro benzene ring substituents is 1. The van der Waals surface area contributed by atoms with E-state index in [1.807, 2.05) is 0 Å². The van der Waals surface area contributed by atoms with Crippen molar-refractivity contribution in [2.24, 2.45) is 0 Å². The molecule has 7 heteroatoms. The van der Waals surface area contributed by atoms with Crippen LogP contribution >= 0.6 is 15.9 Å². The Morgan fingerprint density at radius 1 is 1.67 bits per heavy atom. The Hall–Kier alpha value is -1.50. The fourth-order valence-electron chi connectivity index (χ4n) is 1.14. The zero-order valence-electron chi connectivity index (χ0n) is 7.45. The van der Waals surface area contributed by atoms with Crippen molar-refractivity contribution in [2.45, 2.75) is 6.92 Å². The lowest BCUT2D eigenvalue weighted by atomic mass is 10.1. The van der Waals surface area contributed by atoms with Crippen LogP contribution in [0, 0.1) is 22.9 Å². The van der Waals surface area contributed by atoms with E-state index in [1.54, 1.807) is 0 Å². The molecule has 15 heavy (non-hydrogen) atoms. The zero-order valence-corrected chi connectivity index (χ0v) is 9.04. The van der Waals surface area contributed by atoms with Crippen LogP contribution in [-0.2, 0) is 0 Å². The molecule has 0 fully saturated rings. The molecule has 1 rings (SSSR count). The summed E-state index contributed by atoms with van der Waals surface area (Å²) in [6, 6.07) is 1.00. The number of halogens is 2. The maximum atomic E-state index is 13.3. The van der Waals surface area contributed by atoms with Gasteiger partial charge in [0.25, 0.3) is 0 Å². The topological polar surface area (TPSA) is 80.4 Å². The number of hydrogen-bond acceptors (Lipinski definition) is 3. The molecule has 0 radical (unpaired) electrons. The fourth-order valence-corrected chi connectivity index (χ4v) is 1.56. The quantitative estimate of drug-likeness (QED) is 0.665. The normalized spacial score (nSPS) is 10.1. The van der Waals surface area contributed by atoms with Crippen LogP contribution in [0.25, 0.3) is 0 Å². The summed E-state index contributed by atoms with van der Waals surface area (Å²) in [5, 5.41) is 19.2. The highest BCUT2D eigenvalue weighted by atomic mass is 79.9. The van der Waals surface area contributed by atoms with Gasteiger partial charge in [0.05, 0.1) is 15.0 Å². The number of nitro groups is 1. The van der Waals surface area contributed by atoms with Crippen LogP contribution < -0.4 is 0 Å². The van der Waals surface area contributed by atoms with Gasteiger partial charge in [-0.1, -0.05) is 0 Å². The van der Waals surface area contributed by atoms with Crippen LogP contribution in [0.2, 0.25) is 0 Å². The highest BCUT2D eigenvalue weighted by Gasteiger charge is 2.26. The first kappa shape index (κ1) is 11.6. The number of carbonyl (C=O) groups is 1. The first-order valence-corrected chi connectivity index (χ1v) is 4.51. The lowest BCUT2D eigenvalue weighted by Crippen LogP contribution is -2.05. The van der Waals surface area contributed by atoms with Gasteiger partial charge in [-0.15, -0.1) is 0 Å². The summed E-state index contributed by atoms with van der Waals surface area (Å²) in [7, 11) is 0. The molecule has 0 saturated carbocycles. The van der Waals surface area contributed by atoms with Crippen LogP contribution in [0.4, 0.5) is 10.1 Å². The lowest BCUT2D eigenvalue weighted by molar-refractivity contribution is -0.388. The van der Waals surface area contributed by atoms with Crippen molar-refractivity contribution in [3.8, 4) is 0 Å². The Bertz CT molecular complexity index is 460. The molecule has 0 bridgehead atoms. The van der Waals surface area contributed by atoms with E-state index in [9.17, 15) is 19.3 Å². The molecule has 0 spiro atoms. The summed E-state index contributed by atoms with van der Waals surface area (Å²) in [6.07, 6.45) is 0. The maximum absolute atomic E-state index is 13.3. The molecule has 0 atom stereocenters. The van der Waals surface area contributed by atoms with Crippen molar-refractivity contribution in [1.82, 2.24) is 0 Å². The van der Waals surface area contributed by atoms with E-state index in [1.165, 1.54) is 6.92 Å². The second kappa shape index (κ2) is 3.93. The van der Waals surface area contributed by atoms with E-state index in [0.717, 1.165) is 6.07 Å².